The van der Waals surface area contributed by atoms with Gasteiger partial charge in [0, 0.05) is 16.8 Å². The van der Waals surface area contributed by atoms with Crippen LogP contribution in [0.25, 0.3) is 44.1 Å². The largest absolute Gasteiger partial charge is 0.436 e. The highest BCUT2D eigenvalue weighted by molar-refractivity contribution is 7.80. The fourth-order valence-corrected chi connectivity index (χ4v) is 4.41. The number of nitrogens with one attached hydrogen (secondary N) is 2. The quantitative estimate of drug-likeness (QED) is 0.273. The van der Waals surface area contributed by atoms with Crippen LogP contribution in [0.4, 0.5) is 5.69 Å². The first kappa shape index (κ1) is 21.0. The van der Waals surface area contributed by atoms with Gasteiger partial charge in [0.15, 0.2) is 10.7 Å². The number of carbonyl (C=O) groups is 1. The number of aromatic nitrogens is 1. The van der Waals surface area contributed by atoms with Crippen molar-refractivity contribution in [3.63, 3.8) is 0 Å². The second-order valence-electron chi connectivity index (χ2n) is 8.20. The van der Waals surface area contributed by atoms with Crippen molar-refractivity contribution in [2.45, 2.75) is 0 Å². The number of oxazole rings is 1. The Morgan fingerprint density at radius 3 is 2.43 bits per heavy atom. The molecule has 1 heterocycles. The van der Waals surface area contributed by atoms with Crippen LogP contribution < -0.4 is 10.6 Å². The van der Waals surface area contributed by atoms with Crippen molar-refractivity contribution in [1.29, 1.82) is 0 Å². The number of fused-ring (bicyclic) bond motifs is 3. The Bertz CT molecular complexity index is 1750. The van der Waals surface area contributed by atoms with Crippen LogP contribution in [0.2, 0.25) is 0 Å². The van der Waals surface area contributed by atoms with Crippen molar-refractivity contribution >= 4 is 61.6 Å². The second kappa shape index (κ2) is 8.66. The number of hydrogen-bond donors (Lipinski definition) is 2. The summed E-state index contributed by atoms with van der Waals surface area (Å²) in [5, 5.41) is 10.3. The number of carbonyl (C=O) groups excluding carboxylic acids is 1. The Morgan fingerprint density at radius 1 is 0.771 bits per heavy atom. The number of thiocarbonyl (C=S) groups is 1. The minimum absolute atomic E-state index is 0.209. The monoisotopic (exact) mass is 473 g/mol. The lowest BCUT2D eigenvalue weighted by Crippen LogP contribution is -2.34. The Morgan fingerprint density at radius 2 is 1.54 bits per heavy atom. The zero-order valence-corrected chi connectivity index (χ0v) is 19.3. The van der Waals surface area contributed by atoms with Crippen LogP contribution in [0, 0.1) is 0 Å². The molecule has 168 valence electrons. The van der Waals surface area contributed by atoms with Gasteiger partial charge in [-0.15, -0.1) is 0 Å². The number of nitrogens with zero attached hydrogens (tertiary/aromatic N) is 1. The van der Waals surface area contributed by atoms with Crippen molar-refractivity contribution in [3.8, 4) is 11.5 Å². The van der Waals surface area contributed by atoms with Crippen LogP contribution in [0.3, 0.4) is 0 Å². The maximum Gasteiger partial charge on any atom is 0.257 e. The lowest BCUT2D eigenvalue weighted by Gasteiger charge is -2.10. The van der Waals surface area contributed by atoms with Crippen molar-refractivity contribution < 1.29 is 9.21 Å². The molecular formula is C29H19N3O2S. The number of amides is 1. The number of anilines is 1. The van der Waals surface area contributed by atoms with Crippen molar-refractivity contribution in [3.05, 3.63) is 109 Å². The maximum atomic E-state index is 12.7. The molecule has 5 nitrogen and oxygen atoms in total. The van der Waals surface area contributed by atoms with Crippen LogP contribution in [0.5, 0.6) is 0 Å². The summed E-state index contributed by atoms with van der Waals surface area (Å²) < 4.78 is 6.04. The fraction of sp³-hybridized carbons (Fsp3) is 0. The van der Waals surface area contributed by atoms with Crippen LogP contribution in [-0.2, 0) is 0 Å². The lowest BCUT2D eigenvalue weighted by molar-refractivity contribution is 0.0978. The average Bonchev–Trinajstić information content (AvgIpc) is 3.31. The third kappa shape index (κ3) is 4.11. The number of benzene rings is 5. The molecule has 0 aliphatic carbocycles. The highest BCUT2D eigenvalue weighted by Gasteiger charge is 2.13. The molecule has 6 heteroatoms. The molecular weight excluding hydrogens is 454 g/mol. The normalized spacial score (nSPS) is 11.1. The first-order valence-corrected chi connectivity index (χ1v) is 11.5. The van der Waals surface area contributed by atoms with E-state index in [1.165, 1.54) is 0 Å². The molecule has 0 aliphatic heterocycles. The molecule has 0 bridgehead atoms. The average molecular weight is 474 g/mol. The van der Waals surface area contributed by atoms with E-state index in [1.54, 1.807) is 6.07 Å². The van der Waals surface area contributed by atoms with Gasteiger partial charge < -0.3 is 9.73 Å². The summed E-state index contributed by atoms with van der Waals surface area (Å²) in [6, 6.07) is 33.2. The molecule has 0 atom stereocenters. The van der Waals surface area contributed by atoms with Crippen molar-refractivity contribution in [1.82, 2.24) is 10.3 Å². The summed E-state index contributed by atoms with van der Waals surface area (Å²) in [4.78, 5) is 17.4. The van der Waals surface area contributed by atoms with E-state index in [9.17, 15) is 4.79 Å². The molecule has 6 aromatic rings. The van der Waals surface area contributed by atoms with Gasteiger partial charge in [0.2, 0.25) is 5.89 Å². The molecule has 6 rings (SSSR count). The molecule has 0 radical (unpaired) electrons. The minimum atomic E-state index is -0.269. The van der Waals surface area contributed by atoms with Crippen LogP contribution in [0.1, 0.15) is 10.4 Å². The van der Waals surface area contributed by atoms with Crippen LogP contribution in [0.15, 0.2) is 108 Å². The van der Waals surface area contributed by atoms with Gasteiger partial charge in [-0.25, -0.2) is 4.98 Å². The van der Waals surface area contributed by atoms with E-state index in [0.717, 1.165) is 27.1 Å². The van der Waals surface area contributed by atoms with Gasteiger partial charge in [0.05, 0.1) is 0 Å². The third-order valence-corrected chi connectivity index (χ3v) is 6.11. The molecule has 0 saturated heterocycles. The first-order chi connectivity index (χ1) is 17.1. The molecule has 1 amide bonds. The van der Waals surface area contributed by atoms with Gasteiger partial charge in [-0.2, -0.15) is 0 Å². The van der Waals surface area contributed by atoms with Gasteiger partial charge >= 0.3 is 0 Å². The van der Waals surface area contributed by atoms with E-state index in [-0.39, 0.29) is 11.0 Å². The van der Waals surface area contributed by atoms with Gasteiger partial charge in [0.1, 0.15) is 5.52 Å². The van der Waals surface area contributed by atoms with Crippen LogP contribution >= 0.6 is 12.2 Å². The molecule has 35 heavy (non-hydrogen) atoms. The van der Waals surface area contributed by atoms with Gasteiger partial charge in [0.25, 0.3) is 5.91 Å². The Labute approximate surface area is 206 Å². The van der Waals surface area contributed by atoms with E-state index in [2.05, 4.69) is 28.8 Å². The molecule has 5 aromatic carbocycles. The zero-order chi connectivity index (χ0) is 23.8. The fourth-order valence-electron chi connectivity index (χ4n) is 4.20. The standard InChI is InChI=1S/C29H19N3O2S/c33-27(21-13-12-18-6-1-2-8-20(18)16-21)32-29(35)30-22-14-15-26-25(17-22)31-28(34-26)24-11-5-9-19-7-3-4-10-23(19)24/h1-17H,(H2,30,32,33,35). The first-order valence-electron chi connectivity index (χ1n) is 11.1. The molecule has 0 fully saturated rings. The van der Waals surface area contributed by atoms with E-state index in [0.29, 0.717) is 28.2 Å². The summed E-state index contributed by atoms with van der Waals surface area (Å²) in [6.07, 6.45) is 0. The summed E-state index contributed by atoms with van der Waals surface area (Å²) in [7, 11) is 0. The zero-order valence-electron chi connectivity index (χ0n) is 18.5. The van der Waals surface area contributed by atoms with E-state index < -0.39 is 0 Å². The Kier molecular flexibility index (Phi) is 5.20. The summed E-state index contributed by atoms with van der Waals surface area (Å²) in [5.41, 5.74) is 3.55. The van der Waals surface area contributed by atoms with Crippen molar-refractivity contribution in [2.75, 3.05) is 5.32 Å². The van der Waals surface area contributed by atoms with Gasteiger partial charge in [-0.05, 0) is 70.2 Å². The summed E-state index contributed by atoms with van der Waals surface area (Å²) >= 11 is 5.38. The van der Waals surface area contributed by atoms with Crippen molar-refractivity contribution in [2.24, 2.45) is 0 Å². The Balaban J connectivity index is 1.21. The molecule has 0 saturated carbocycles. The van der Waals surface area contributed by atoms with E-state index >= 15 is 0 Å². The van der Waals surface area contributed by atoms with Crippen LogP contribution in [-0.4, -0.2) is 16.0 Å². The number of rotatable bonds is 3. The maximum absolute atomic E-state index is 12.7. The SMILES string of the molecule is O=C(NC(=S)Nc1ccc2oc(-c3cccc4ccccc34)nc2c1)c1ccc2ccccc2c1. The smallest absolute Gasteiger partial charge is 0.257 e. The third-order valence-electron chi connectivity index (χ3n) is 5.90. The molecule has 0 unspecified atom stereocenters. The molecule has 1 aromatic heterocycles. The summed E-state index contributed by atoms with van der Waals surface area (Å²) in [5.74, 6) is 0.287. The number of hydrogen-bond acceptors (Lipinski definition) is 4. The van der Waals surface area contributed by atoms with Gasteiger partial charge in [-0.3, -0.25) is 10.1 Å². The lowest BCUT2D eigenvalue weighted by atomic mass is 10.0. The minimum Gasteiger partial charge on any atom is -0.436 e. The predicted octanol–water partition coefficient (Wildman–Crippen LogP) is 6.93. The summed E-state index contributed by atoms with van der Waals surface area (Å²) in [6.45, 7) is 0. The Hall–Kier alpha value is -4.55. The van der Waals surface area contributed by atoms with Gasteiger partial charge in [-0.1, -0.05) is 66.7 Å². The van der Waals surface area contributed by atoms with E-state index in [1.807, 2.05) is 78.9 Å². The highest BCUT2D eigenvalue weighted by atomic mass is 32.1. The van der Waals surface area contributed by atoms with E-state index in [4.69, 9.17) is 21.6 Å². The second-order valence-corrected chi connectivity index (χ2v) is 8.61. The molecule has 0 spiro atoms. The topological polar surface area (TPSA) is 67.2 Å². The molecule has 0 aliphatic rings. The highest BCUT2D eigenvalue weighted by Crippen LogP contribution is 2.31. The molecule has 2 N–H and O–H groups in total. The predicted molar refractivity (Wildman–Crippen MR) is 145 cm³/mol.